The van der Waals surface area contributed by atoms with Crippen molar-refractivity contribution in [2.45, 2.75) is 12.5 Å². The molecule has 1 fully saturated rings. The molecule has 1 unspecified atom stereocenters. The quantitative estimate of drug-likeness (QED) is 0.858. The molecule has 2 rings (SSSR count). The average Bonchev–Trinajstić information content (AvgIpc) is 2.38. The maximum atomic E-state index is 12.4. The second kappa shape index (κ2) is 6.50. The number of carbonyl (C=O) groups excluding carboxylic acids is 1. The Bertz CT molecular complexity index is 465. The van der Waals surface area contributed by atoms with E-state index in [1.165, 1.54) is 0 Å². The first-order chi connectivity index (χ1) is 9.10. The Morgan fingerprint density at radius 2 is 2.37 bits per heavy atom. The molecule has 1 N–H and O–H groups in total. The largest absolute Gasteiger partial charge is 0.496 e. The van der Waals surface area contributed by atoms with Gasteiger partial charge in [-0.3, -0.25) is 4.79 Å². The van der Waals surface area contributed by atoms with Gasteiger partial charge in [0.25, 0.3) is 0 Å². The van der Waals surface area contributed by atoms with E-state index in [2.05, 4.69) is 33.2 Å². The van der Waals surface area contributed by atoms with Crippen LogP contribution in [-0.2, 0) is 0 Å². The number of Topliss-reactive ketones (excluding diaryl/α,β-unsaturated/α-hetero) is 1. The number of rotatable bonds is 4. The highest BCUT2D eigenvalue weighted by Crippen LogP contribution is 2.24. The third-order valence-corrected chi connectivity index (χ3v) is 3.85. The number of hydrogen-bond acceptors (Lipinski definition) is 4. The van der Waals surface area contributed by atoms with Crippen LogP contribution in [0.3, 0.4) is 0 Å². The van der Waals surface area contributed by atoms with Gasteiger partial charge in [0, 0.05) is 36.6 Å². The van der Waals surface area contributed by atoms with Gasteiger partial charge in [-0.25, -0.2) is 0 Å². The number of ketones is 1. The van der Waals surface area contributed by atoms with Crippen molar-refractivity contribution in [1.29, 1.82) is 0 Å². The number of benzene rings is 1. The molecule has 0 saturated carbocycles. The van der Waals surface area contributed by atoms with Crippen LogP contribution in [0.2, 0.25) is 0 Å². The lowest BCUT2D eigenvalue weighted by molar-refractivity contribution is 0.0949. The van der Waals surface area contributed by atoms with Crippen LogP contribution in [0.25, 0.3) is 0 Å². The summed E-state index contributed by atoms with van der Waals surface area (Å²) < 4.78 is 6.15. The van der Waals surface area contributed by atoms with Gasteiger partial charge in [-0.2, -0.15) is 0 Å². The SMILES string of the molecule is COc1ccc(Br)cc1C(=O)CC1CN(C)CCN1. The van der Waals surface area contributed by atoms with E-state index in [-0.39, 0.29) is 11.8 Å². The van der Waals surface area contributed by atoms with E-state index >= 15 is 0 Å². The number of methoxy groups -OCH3 is 1. The summed E-state index contributed by atoms with van der Waals surface area (Å²) in [6.07, 6.45) is 0.497. The summed E-state index contributed by atoms with van der Waals surface area (Å²) in [5, 5.41) is 3.39. The van der Waals surface area contributed by atoms with Crippen LogP contribution in [0.1, 0.15) is 16.8 Å². The van der Waals surface area contributed by atoms with Crippen LogP contribution < -0.4 is 10.1 Å². The Morgan fingerprint density at radius 3 is 3.05 bits per heavy atom. The molecule has 0 spiro atoms. The Morgan fingerprint density at radius 1 is 1.58 bits per heavy atom. The molecule has 1 aliphatic heterocycles. The summed E-state index contributed by atoms with van der Waals surface area (Å²) in [7, 11) is 3.67. The molecule has 0 aromatic heterocycles. The Balaban J connectivity index is 2.09. The van der Waals surface area contributed by atoms with Crippen LogP contribution in [0.4, 0.5) is 0 Å². The molecule has 1 heterocycles. The number of halogens is 1. The standard InChI is InChI=1S/C14H19BrN2O2/c1-17-6-5-16-11(9-17)8-13(18)12-7-10(15)3-4-14(12)19-2/h3-4,7,11,16H,5-6,8-9H2,1-2H3. The fourth-order valence-corrected chi connectivity index (χ4v) is 2.72. The lowest BCUT2D eigenvalue weighted by Gasteiger charge is -2.30. The van der Waals surface area contributed by atoms with E-state index in [9.17, 15) is 4.79 Å². The molecule has 0 radical (unpaired) electrons. The Hall–Kier alpha value is -0.910. The molecule has 19 heavy (non-hydrogen) atoms. The van der Waals surface area contributed by atoms with Gasteiger partial charge in [-0.1, -0.05) is 15.9 Å². The molecule has 4 nitrogen and oxygen atoms in total. The number of carbonyl (C=O) groups is 1. The van der Waals surface area contributed by atoms with Gasteiger partial charge >= 0.3 is 0 Å². The van der Waals surface area contributed by atoms with E-state index in [0.29, 0.717) is 17.7 Å². The molecule has 0 amide bonds. The number of ether oxygens (including phenoxy) is 1. The van der Waals surface area contributed by atoms with Crippen LogP contribution in [0.5, 0.6) is 5.75 Å². The monoisotopic (exact) mass is 326 g/mol. The van der Waals surface area contributed by atoms with Gasteiger partial charge in [-0.05, 0) is 25.2 Å². The van der Waals surface area contributed by atoms with Gasteiger partial charge in [0.1, 0.15) is 5.75 Å². The topological polar surface area (TPSA) is 41.6 Å². The summed E-state index contributed by atoms with van der Waals surface area (Å²) in [5.74, 6) is 0.753. The van der Waals surface area contributed by atoms with Crippen LogP contribution in [0.15, 0.2) is 22.7 Å². The Kier molecular flexibility index (Phi) is 4.96. The molecular weight excluding hydrogens is 308 g/mol. The summed E-state index contributed by atoms with van der Waals surface area (Å²) in [4.78, 5) is 14.6. The van der Waals surface area contributed by atoms with Crippen LogP contribution in [0, 0.1) is 0 Å². The van der Waals surface area contributed by atoms with Crippen molar-refractivity contribution >= 4 is 21.7 Å². The lowest BCUT2D eigenvalue weighted by atomic mass is 10.0. The summed E-state index contributed by atoms with van der Waals surface area (Å²) >= 11 is 3.40. The van der Waals surface area contributed by atoms with Gasteiger partial charge in [0.05, 0.1) is 12.7 Å². The van der Waals surface area contributed by atoms with E-state index in [1.807, 2.05) is 18.2 Å². The molecular formula is C14H19BrN2O2. The summed E-state index contributed by atoms with van der Waals surface area (Å²) in [6, 6.07) is 5.74. The fraction of sp³-hybridized carbons (Fsp3) is 0.500. The zero-order valence-corrected chi connectivity index (χ0v) is 12.9. The number of nitrogens with zero attached hydrogens (tertiary/aromatic N) is 1. The van der Waals surface area contributed by atoms with Crippen molar-refractivity contribution in [3.05, 3.63) is 28.2 Å². The van der Waals surface area contributed by atoms with Gasteiger partial charge in [0.2, 0.25) is 0 Å². The third kappa shape index (κ3) is 3.78. The molecule has 1 atom stereocenters. The molecule has 1 aromatic rings. The van der Waals surface area contributed by atoms with Crippen molar-refractivity contribution in [3.8, 4) is 5.75 Å². The van der Waals surface area contributed by atoms with Crippen LogP contribution >= 0.6 is 15.9 Å². The minimum atomic E-state index is 0.117. The molecule has 1 aromatic carbocycles. The third-order valence-electron chi connectivity index (χ3n) is 3.35. The lowest BCUT2D eigenvalue weighted by Crippen LogP contribution is -2.49. The van der Waals surface area contributed by atoms with Crippen molar-refractivity contribution in [3.63, 3.8) is 0 Å². The summed E-state index contributed by atoms with van der Waals surface area (Å²) in [5.41, 5.74) is 0.645. The number of likely N-dealkylation sites (N-methyl/N-ethyl adjacent to an activating group) is 1. The fourth-order valence-electron chi connectivity index (χ4n) is 2.36. The highest BCUT2D eigenvalue weighted by molar-refractivity contribution is 9.10. The predicted octanol–water partition coefficient (Wildman–Crippen LogP) is 1.93. The maximum Gasteiger partial charge on any atom is 0.168 e. The van der Waals surface area contributed by atoms with Crippen molar-refractivity contribution < 1.29 is 9.53 Å². The van der Waals surface area contributed by atoms with Gasteiger partial charge < -0.3 is 15.0 Å². The zero-order valence-electron chi connectivity index (χ0n) is 11.3. The van der Waals surface area contributed by atoms with Crippen molar-refractivity contribution in [2.24, 2.45) is 0 Å². The molecule has 1 saturated heterocycles. The van der Waals surface area contributed by atoms with E-state index < -0.39 is 0 Å². The van der Waals surface area contributed by atoms with Gasteiger partial charge in [0.15, 0.2) is 5.78 Å². The average molecular weight is 327 g/mol. The predicted molar refractivity (Wildman–Crippen MR) is 78.9 cm³/mol. The highest BCUT2D eigenvalue weighted by atomic mass is 79.9. The molecule has 0 aliphatic carbocycles. The zero-order chi connectivity index (χ0) is 13.8. The second-order valence-electron chi connectivity index (χ2n) is 4.89. The number of hydrogen-bond donors (Lipinski definition) is 1. The van der Waals surface area contributed by atoms with E-state index in [4.69, 9.17) is 4.74 Å². The first kappa shape index (κ1) is 14.5. The summed E-state index contributed by atoms with van der Waals surface area (Å²) in [6.45, 7) is 2.87. The minimum Gasteiger partial charge on any atom is -0.496 e. The van der Waals surface area contributed by atoms with E-state index in [0.717, 1.165) is 24.1 Å². The highest BCUT2D eigenvalue weighted by Gasteiger charge is 2.22. The normalized spacial score (nSPS) is 20.3. The Labute approximate surface area is 122 Å². The molecule has 5 heteroatoms. The minimum absolute atomic E-state index is 0.117. The van der Waals surface area contributed by atoms with Crippen LogP contribution in [-0.4, -0.2) is 50.5 Å². The van der Waals surface area contributed by atoms with Crippen molar-refractivity contribution in [2.75, 3.05) is 33.8 Å². The maximum absolute atomic E-state index is 12.4. The number of piperazine rings is 1. The number of nitrogens with one attached hydrogen (secondary N) is 1. The first-order valence-electron chi connectivity index (χ1n) is 6.39. The first-order valence-corrected chi connectivity index (χ1v) is 7.18. The van der Waals surface area contributed by atoms with Gasteiger partial charge in [-0.15, -0.1) is 0 Å². The smallest absolute Gasteiger partial charge is 0.168 e. The molecule has 0 bridgehead atoms. The van der Waals surface area contributed by atoms with Crippen molar-refractivity contribution in [1.82, 2.24) is 10.2 Å². The molecule has 104 valence electrons. The van der Waals surface area contributed by atoms with E-state index in [1.54, 1.807) is 7.11 Å². The molecule has 1 aliphatic rings. The second-order valence-corrected chi connectivity index (χ2v) is 5.80.